The molecule has 4 fully saturated rings. The van der Waals surface area contributed by atoms with Crippen LogP contribution in [0.5, 0.6) is 5.75 Å². The summed E-state index contributed by atoms with van der Waals surface area (Å²) in [4.78, 5) is 15.4. The molecule has 1 aliphatic heterocycles. The topological polar surface area (TPSA) is 50.8 Å². The minimum atomic E-state index is -0.176. The summed E-state index contributed by atoms with van der Waals surface area (Å²) in [5.41, 5.74) is 2.02. The third-order valence-electron chi connectivity index (χ3n) is 8.04. The van der Waals surface area contributed by atoms with Gasteiger partial charge in [-0.2, -0.15) is 0 Å². The number of hydrogen-bond donors (Lipinski definition) is 1. The van der Waals surface area contributed by atoms with Crippen molar-refractivity contribution in [2.45, 2.75) is 57.3 Å². The quantitative estimate of drug-likeness (QED) is 0.615. The molecule has 1 aromatic carbocycles. The Morgan fingerprint density at radius 3 is 2.38 bits per heavy atom. The molecule has 1 saturated heterocycles. The molecule has 1 N–H and O–H groups in total. The molecule has 0 radical (unpaired) electrons. The predicted molar refractivity (Wildman–Crippen MR) is 124 cm³/mol. The highest BCUT2D eigenvalue weighted by atomic mass is 19.1. The average Bonchev–Trinajstić information content (AvgIpc) is 2.86. The molecule has 4 aliphatic rings. The maximum absolute atomic E-state index is 13.1. The van der Waals surface area contributed by atoms with Gasteiger partial charge < -0.3 is 14.8 Å². The summed E-state index contributed by atoms with van der Waals surface area (Å²) in [5, 5.41) is 3.24. The van der Waals surface area contributed by atoms with Crippen LogP contribution in [0.15, 0.2) is 36.2 Å². The molecule has 176 valence electrons. The molecule has 1 aromatic rings. The molecule has 2 bridgehead atoms. The molecule has 1 amide bonds. The number of carbonyl (C=O) groups is 1. The molecule has 3 aliphatic carbocycles. The monoisotopic (exact) mass is 444 g/mol. The van der Waals surface area contributed by atoms with E-state index in [1.807, 2.05) is 19.1 Å². The molecule has 0 spiro atoms. The first-order chi connectivity index (χ1) is 15.6. The highest BCUT2D eigenvalue weighted by Crippen LogP contribution is 2.57. The van der Waals surface area contributed by atoms with E-state index in [1.165, 1.54) is 5.56 Å². The lowest BCUT2D eigenvalue weighted by atomic mass is 9.51. The van der Waals surface area contributed by atoms with E-state index in [4.69, 9.17) is 9.47 Å². The van der Waals surface area contributed by atoms with Gasteiger partial charge in [0, 0.05) is 31.6 Å². The van der Waals surface area contributed by atoms with Gasteiger partial charge in [0.2, 0.25) is 5.91 Å². The Hall–Kier alpha value is -1.92. The highest BCUT2D eigenvalue weighted by molar-refractivity contribution is 5.83. The van der Waals surface area contributed by atoms with Gasteiger partial charge in [-0.15, -0.1) is 0 Å². The summed E-state index contributed by atoms with van der Waals surface area (Å²) in [6.07, 6.45) is 7.39. The van der Waals surface area contributed by atoms with Gasteiger partial charge in [-0.05, 0) is 73.6 Å². The number of morpholine rings is 1. The summed E-state index contributed by atoms with van der Waals surface area (Å²) in [6.45, 7) is 7.35. The minimum Gasteiger partial charge on any atom is -0.489 e. The number of fused-ring (bicyclic) bond motifs is 3. The summed E-state index contributed by atoms with van der Waals surface area (Å²) in [6, 6.07) is 8.34. The van der Waals surface area contributed by atoms with Gasteiger partial charge >= 0.3 is 0 Å². The van der Waals surface area contributed by atoms with Crippen molar-refractivity contribution in [1.82, 2.24) is 10.2 Å². The van der Waals surface area contributed by atoms with Crippen molar-refractivity contribution in [3.05, 3.63) is 41.7 Å². The Morgan fingerprint density at radius 1 is 1.12 bits per heavy atom. The lowest BCUT2D eigenvalue weighted by Gasteiger charge is -2.52. The van der Waals surface area contributed by atoms with Gasteiger partial charge in [-0.1, -0.05) is 19.1 Å². The zero-order valence-electron chi connectivity index (χ0n) is 19.3. The number of carbonyl (C=O) groups excluding carboxylic acids is 1. The molecular weight excluding hydrogens is 407 g/mol. The van der Waals surface area contributed by atoms with E-state index in [2.05, 4.69) is 22.3 Å². The third kappa shape index (κ3) is 5.01. The lowest BCUT2D eigenvalue weighted by Crippen LogP contribution is -2.52. The third-order valence-corrected chi connectivity index (χ3v) is 8.04. The number of hydrogen-bond acceptors (Lipinski definition) is 4. The van der Waals surface area contributed by atoms with E-state index in [-0.39, 0.29) is 16.7 Å². The number of rotatable bonds is 9. The fraction of sp³-hybridized carbons (Fsp3) is 0.654. The van der Waals surface area contributed by atoms with Crippen LogP contribution in [-0.4, -0.2) is 56.8 Å². The summed E-state index contributed by atoms with van der Waals surface area (Å²) < 4.78 is 23.9. The van der Waals surface area contributed by atoms with Crippen LogP contribution in [0.4, 0.5) is 4.39 Å². The van der Waals surface area contributed by atoms with Crippen molar-refractivity contribution in [2.24, 2.45) is 5.41 Å². The Labute approximate surface area is 191 Å². The van der Waals surface area contributed by atoms with Crippen molar-refractivity contribution in [2.75, 3.05) is 46.0 Å². The fourth-order valence-electron chi connectivity index (χ4n) is 5.59. The van der Waals surface area contributed by atoms with Gasteiger partial charge in [0.15, 0.2) is 0 Å². The average molecular weight is 445 g/mol. The highest BCUT2D eigenvalue weighted by Gasteiger charge is 2.52. The largest absolute Gasteiger partial charge is 0.489 e. The maximum atomic E-state index is 13.1. The van der Waals surface area contributed by atoms with E-state index in [0.717, 1.165) is 83.7 Å². The number of amides is 1. The Bertz CT molecular complexity index is 777. The van der Waals surface area contributed by atoms with Gasteiger partial charge in [-0.25, -0.2) is 4.39 Å². The van der Waals surface area contributed by atoms with Crippen LogP contribution in [0.1, 0.15) is 57.4 Å². The number of ether oxygens (including phenoxy) is 2. The van der Waals surface area contributed by atoms with Gasteiger partial charge in [-0.3, -0.25) is 9.69 Å². The number of nitrogens with one attached hydrogen (secondary N) is 1. The van der Waals surface area contributed by atoms with Crippen LogP contribution in [-0.2, 0) is 14.9 Å². The number of benzene rings is 1. The zero-order valence-corrected chi connectivity index (χ0v) is 19.3. The molecule has 0 unspecified atom stereocenters. The first-order valence-electron chi connectivity index (χ1n) is 12.2. The van der Waals surface area contributed by atoms with E-state index in [1.54, 1.807) is 0 Å². The van der Waals surface area contributed by atoms with Crippen LogP contribution >= 0.6 is 0 Å². The van der Waals surface area contributed by atoms with Crippen molar-refractivity contribution in [1.29, 1.82) is 0 Å². The number of halogens is 1. The van der Waals surface area contributed by atoms with Crippen LogP contribution in [0.2, 0.25) is 0 Å². The Morgan fingerprint density at radius 2 is 1.78 bits per heavy atom. The summed E-state index contributed by atoms with van der Waals surface area (Å²) in [7, 11) is 0. The zero-order chi connectivity index (χ0) is 22.4. The molecule has 6 heteroatoms. The molecule has 3 saturated carbocycles. The van der Waals surface area contributed by atoms with E-state index in [9.17, 15) is 9.18 Å². The molecule has 0 atom stereocenters. The second kappa shape index (κ2) is 10.3. The van der Waals surface area contributed by atoms with E-state index < -0.39 is 0 Å². The van der Waals surface area contributed by atoms with Crippen molar-refractivity contribution in [3.8, 4) is 5.75 Å². The van der Waals surface area contributed by atoms with Crippen LogP contribution in [0, 0.1) is 5.41 Å². The van der Waals surface area contributed by atoms with Gasteiger partial charge in [0.1, 0.15) is 12.4 Å². The smallest absolute Gasteiger partial charge is 0.226 e. The molecule has 32 heavy (non-hydrogen) atoms. The second-order valence-electron chi connectivity index (χ2n) is 9.70. The summed E-state index contributed by atoms with van der Waals surface area (Å²) in [5.74, 6) is 1.04. The van der Waals surface area contributed by atoms with Crippen molar-refractivity contribution in [3.63, 3.8) is 0 Å². The maximum Gasteiger partial charge on any atom is 0.226 e. The van der Waals surface area contributed by atoms with Crippen LogP contribution in [0.25, 0.3) is 0 Å². The normalized spacial score (nSPS) is 28.5. The molecule has 5 rings (SSSR count). The number of nitrogens with zero attached hydrogens (tertiary/aromatic N) is 1. The standard InChI is InChI=1S/C26H37FN2O3/c1-2-21(19-27)20-32-23-5-3-22(4-6-23)25-7-10-26(11-8-25,12-9-25)24(30)28-13-14-29-15-17-31-18-16-29/h3-6,19H,2,7-18,20H2,1H3,(H,28,30)/b21-19+. The molecule has 5 nitrogen and oxygen atoms in total. The fourth-order valence-corrected chi connectivity index (χ4v) is 5.59. The van der Waals surface area contributed by atoms with E-state index in [0.29, 0.717) is 24.9 Å². The first-order valence-corrected chi connectivity index (χ1v) is 12.2. The lowest BCUT2D eigenvalue weighted by molar-refractivity contribution is -0.138. The molecule has 0 aromatic heterocycles. The second-order valence-corrected chi connectivity index (χ2v) is 9.70. The Balaban J connectivity index is 1.28. The molecule has 1 heterocycles. The van der Waals surface area contributed by atoms with Crippen molar-refractivity contribution >= 4 is 5.91 Å². The SMILES string of the molecule is CC/C(=C\F)COc1ccc(C23CCC(C(=O)NCCN4CCOCC4)(CC2)CC3)cc1. The van der Waals surface area contributed by atoms with Crippen molar-refractivity contribution < 1.29 is 18.7 Å². The predicted octanol–water partition coefficient (Wildman–Crippen LogP) is 4.37. The Kier molecular flexibility index (Phi) is 7.51. The summed E-state index contributed by atoms with van der Waals surface area (Å²) >= 11 is 0. The van der Waals surface area contributed by atoms with E-state index >= 15 is 0 Å². The molecular formula is C26H37FN2O3. The van der Waals surface area contributed by atoms with Crippen LogP contribution < -0.4 is 10.1 Å². The first kappa shape index (κ1) is 23.2. The van der Waals surface area contributed by atoms with Gasteiger partial charge in [0.25, 0.3) is 0 Å². The van der Waals surface area contributed by atoms with Crippen LogP contribution in [0.3, 0.4) is 0 Å². The minimum absolute atomic E-state index is 0.176. The van der Waals surface area contributed by atoms with Gasteiger partial charge in [0.05, 0.1) is 19.5 Å².